The van der Waals surface area contributed by atoms with E-state index in [1.54, 1.807) is 0 Å². The lowest BCUT2D eigenvalue weighted by Gasteiger charge is -2.13. The number of nitrogens with one attached hydrogen (secondary N) is 1. The fourth-order valence-electron chi connectivity index (χ4n) is 2.62. The topological polar surface area (TPSA) is 12.0 Å². The normalized spacial score (nSPS) is 14.6. The summed E-state index contributed by atoms with van der Waals surface area (Å²) >= 11 is 9.52. The molecule has 0 unspecified atom stereocenters. The van der Waals surface area contributed by atoms with E-state index in [0.29, 0.717) is 6.04 Å². The van der Waals surface area contributed by atoms with E-state index in [1.165, 1.54) is 16.7 Å². The van der Waals surface area contributed by atoms with Crippen molar-refractivity contribution in [3.63, 3.8) is 0 Å². The largest absolute Gasteiger partial charge is 0.309 e. The highest BCUT2D eigenvalue weighted by atomic mass is 79.9. The molecule has 19 heavy (non-hydrogen) atoms. The van der Waals surface area contributed by atoms with Crippen LogP contribution >= 0.6 is 27.5 Å². The summed E-state index contributed by atoms with van der Waals surface area (Å²) in [6, 6.07) is 15.2. The molecule has 3 rings (SSSR count). The minimum Gasteiger partial charge on any atom is -0.309 e. The third-order valence-electron chi connectivity index (χ3n) is 3.65. The molecule has 1 N–H and O–H groups in total. The van der Waals surface area contributed by atoms with Crippen LogP contribution in [0.4, 0.5) is 0 Å². The van der Waals surface area contributed by atoms with Crippen molar-refractivity contribution in [3.8, 4) is 0 Å². The van der Waals surface area contributed by atoms with Crippen molar-refractivity contribution in [2.24, 2.45) is 0 Å². The second kappa shape index (κ2) is 5.66. The van der Waals surface area contributed by atoms with E-state index in [4.69, 9.17) is 11.6 Å². The zero-order valence-electron chi connectivity index (χ0n) is 10.5. The van der Waals surface area contributed by atoms with E-state index in [2.05, 4.69) is 51.6 Å². The van der Waals surface area contributed by atoms with Crippen LogP contribution < -0.4 is 5.32 Å². The van der Waals surface area contributed by atoms with Crippen molar-refractivity contribution in [3.05, 3.63) is 68.7 Å². The summed E-state index contributed by atoms with van der Waals surface area (Å²) in [5.41, 5.74) is 4.21. The highest BCUT2D eigenvalue weighted by Gasteiger charge is 2.20. The van der Waals surface area contributed by atoms with E-state index >= 15 is 0 Å². The molecule has 0 aliphatic heterocycles. The average Bonchev–Trinajstić information content (AvgIpc) is 2.80. The maximum Gasteiger partial charge on any atom is 0.0417 e. The third kappa shape index (κ3) is 3.02. The van der Waals surface area contributed by atoms with Gasteiger partial charge in [0.05, 0.1) is 0 Å². The SMILES string of the molecule is Clc1ccc(CNC2Cc3ccccc3C2)c(Br)c1. The minimum atomic E-state index is 0.542. The maximum absolute atomic E-state index is 5.95. The average molecular weight is 337 g/mol. The third-order valence-corrected chi connectivity index (χ3v) is 4.62. The van der Waals surface area contributed by atoms with Crippen LogP contribution in [0.5, 0.6) is 0 Å². The Hall–Kier alpha value is -0.830. The van der Waals surface area contributed by atoms with Gasteiger partial charge in [-0.3, -0.25) is 0 Å². The number of hydrogen-bond donors (Lipinski definition) is 1. The zero-order chi connectivity index (χ0) is 13.2. The molecule has 2 aromatic carbocycles. The predicted octanol–water partition coefficient (Wildman–Crippen LogP) is 4.36. The molecule has 0 saturated heterocycles. The molecule has 0 amide bonds. The van der Waals surface area contributed by atoms with Crippen LogP contribution in [0.25, 0.3) is 0 Å². The maximum atomic E-state index is 5.95. The van der Waals surface area contributed by atoms with Crippen LogP contribution in [0.15, 0.2) is 46.9 Å². The van der Waals surface area contributed by atoms with Crippen molar-refractivity contribution < 1.29 is 0 Å². The van der Waals surface area contributed by atoms with Crippen molar-refractivity contribution in [1.29, 1.82) is 0 Å². The van der Waals surface area contributed by atoms with Crippen LogP contribution in [-0.2, 0) is 19.4 Å². The number of rotatable bonds is 3. The number of fused-ring (bicyclic) bond motifs is 1. The van der Waals surface area contributed by atoms with E-state index < -0.39 is 0 Å². The first-order valence-corrected chi connectivity index (χ1v) is 7.63. The molecule has 1 nitrogen and oxygen atoms in total. The molecule has 0 atom stereocenters. The number of benzene rings is 2. The molecule has 0 radical (unpaired) electrons. The van der Waals surface area contributed by atoms with Gasteiger partial charge in [0.2, 0.25) is 0 Å². The second-order valence-electron chi connectivity index (χ2n) is 4.99. The minimum absolute atomic E-state index is 0.542. The van der Waals surface area contributed by atoms with Crippen LogP contribution in [-0.4, -0.2) is 6.04 Å². The standard InChI is InChI=1S/C16H15BrClN/c17-16-9-14(18)6-5-13(16)10-19-15-7-11-3-1-2-4-12(11)8-15/h1-6,9,15,19H,7-8,10H2. The Bertz CT molecular complexity index is 572. The Balaban J connectivity index is 1.63. The quantitative estimate of drug-likeness (QED) is 0.878. The van der Waals surface area contributed by atoms with E-state index in [-0.39, 0.29) is 0 Å². The smallest absolute Gasteiger partial charge is 0.0417 e. The summed E-state index contributed by atoms with van der Waals surface area (Å²) in [7, 11) is 0. The Morgan fingerprint density at radius 2 is 1.79 bits per heavy atom. The van der Waals surface area contributed by atoms with Crippen molar-refractivity contribution in [1.82, 2.24) is 5.32 Å². The summed E-state index contributed by atoms with van der Waals surface area (Å²) in [5, 5.41) is 4.40. The molecule has 0 saturated carbocycles. The molecule has 3 heteroatoms. The molecular formula is C16H15BrClN. The van der Waals surface area contributed by atoms with Gasteiger partial charge >= 0.3 is 0 Å². The van der Waals surface area contributed by atoms with Crippen molar-refractivity contribution in [2.75, 3.05) is 0 Å². The van der Waals surface area contributed by atoms with Gasteiger partial charge in [-0.25, -0.2) is 0 Å². The summed E-state index contributed by atoms with van der Waals surface area (Å²) in [6.07, 6.45) is 2.25. The lowest BCUT2D eigenvalue weighted by atomic mass is 10.1. The predicted molar refractivity (Wildman–Crippen MR) is 83.6 cm³/mol. The molecular weight excluding hydrogens is 322 g/mol. The van der Waals surface area contributed by atoms with Gasteiger partial charge in [-0.1, -0.05) is 57.9 Å². The molecule has 0 bridgehead atoms. The molecule has 1 aliphatic carbocycles. The molecule has 2 aromatic rings. The lowest BCUT2D eigenvalue weighted by molar-refractivity contribution is 0.532. The van der Waals surface area contributed by atoms with Gasteiger partial charge < -0.3 is 5.32 Å². The molecule has 1 aliphatic rings. The van der Waals surface area contributed by atoms with Crippen LogP contribution in [0.1, 0.15) is 16.7 Å². The first kappa shape index (κ1) is 13.2. The Morgan fingerprint density at radius 3 is 2.42 bits per heavy atom. The number of hydrogen-bond acceptors (Lipinski definition) is 1. The lowest BCUT2D eigenvalue weighted by Crippen LogP contribution is -2.29. The summed E-state index contributed by atoms with van der Waals surface area (Å²) in [6.45, 7) is 0.871. The van der Waals surface area contributed by atoms with E-state index in [1.807, 2.05) is 12.1 Å². The Kier molecular flexibility index (Phi) is 3.92. The monoisotopic (exact) mass is 335 g/mol. The number of halogens is 2. The van der Waals surface area contributed by atoms with Crippen LogP contribution in [0.2, 0.25) is 5.02 Å². The highest BCUT2D eigenvalue weighted by molar-refractivity contribution is 9.10. The van der Waals surface area contributed by atoms with Crippen LogP contribution in [0.3, 0.4) is 0 Å². The zero-order valence-corrected chi connectivity index (χ0v) is 12.8. The fraction of sp³-hybridized carbons (Fsp3) is 0.250. The van der Waals surface area contributed by atoms with Gasteiger partial charge in [0.25, 0.3) is 0 Å². The second-order valence-corrected chi connectivity index (χ2v) is 6.28. The summed E-state index contributed by atoms with van der Waals surface area (Å²) < 4.78 is 1.07. The highest BCUT2D eigenvalue weighted by Crippen LogP contribution is 2.24. The molecule has 0 aromatic heterocycles. The Labute approximate surface area is 127 Å². The summed E-state index contributed by atoms with van der Waals surface area (Å²) in [5.74, 6) is 0. The van der Waals surface area contributed by atoms with Gasteiger partial charge in [-0.05, 0) is 41.7 Å². The Morgan fingerprint density at radius 1 is 1.11 bits per heavy atom. The molecule has 0 spiro atoms. The van der Waals surface area contributed by atoms with Gasteiger partial charge in [-0.2, -0.15) is 0 Å². The van der Waals surface area contributed by atoms with Gasteiger partial charge in [0.15, 0.2) is 0 Å². The van der Waals surface area contributed by atoms with E-state index in [0.717, 1.165) is 28.9 Å². The van der Waals surface area contributed by atoms with Gasteiger partial charge in [0.1, 0.15) is 0 Å². The molecule has 0 heterocycles. The molecule has 98 valence electrons. The van der Waals surface area contributed by atoms with Gasteiger partial charge in [0, 0.05) is 22.1 Å². The molecule has 0 fully saturated rings. The summed E-state index contributed by atoms with van der Waals surface area (Å²) in [4.78, 5) is 0. The first-order chi connectivity index (χ1) is 9.22. The van der Waals surface area contributed by atoms with Gasteiger partial charge in [-0.15, -0.1) is 0 Å². The van der Waals surface area contributed by atoms with Crippen LogP contribution in [0, 0.1) is 0 Å². The van der Waals surface area contributed by atoms with Crippen molar-refractivity contribution in [2.45, 2.75) is 25.4 Å². The van der Waals surface area contributed by atoms with Crippen molar-refractivity contribution >= 4 is 27.5 Å². The fourth-order valence-corrected chi connectivity index (χ4v) is 3.45. The van der Waals surface area contributed by atoms with E-state index in [9.17, 15) is 0 Å². The first-order valence-electron chi connectivity index (χ1n) is 6.46.